The van der Waals surface area contributed by atoms with E-state index in [0.717, 1.165) is 0 Å². The lowest BCUT2D eigenvalue weighted by molar-refractivity contribution is -0.143. The smallest absolute Gasteiger partial charge is 0.321 e. The van der Waals surface area contributed by atoms with E-state index in [1.54, 1.807) is 69.7 Å². The molecule has 1 atom stereocenters. The maximum Gasteiger partial charge on any atom is 0.321 e. The summed E-state index contributed by atoms with van der Waals surface area (Å²) in [6.45, 7) is 1.92. The summed E-state index contributed by atoms with van der Waals surface area (Å²) in [5.74, 6) is -0.601. The number of rotatable bonds is 7. The van der Waals surface area contributed by atoms with E-state index in [2.05, 4.69) is 0 Å². The Balaban J connectivity index is 2.36. The molecular weight excluding hydrogens is 308 g/mol. The summed E-state index contributed by atoms with van der Waals surface area (Å²) >= 11 is 0. The molecule has 0 aliphatic rings. The lowest BCUT2D eigenvalue weighted by atomic mass is 9.90. The quantitative estimate of drug-likeness (QED) is 0.444. The van der Waals surface area contributed by atoms with Gasteiger partial charge in [0.25, 0.3) is 0 Å². The van der Waals surface area contributed by atoms with Crippen molar-refractivity contribution in [1.82, 2.24) is 0 Å². The Labute approximate surface area is 141 Å². The van der Waals surface area contributed by atoms with E-state index in [4.69, 9.17) is 14.2 Å². The Hall–Kier alpha value is -2.82. The van der Waals surface area contributed by atoms with Crippen LogP contribution in [0.15, 0.2) is 48.5 Å². The fraction of sp³-hybridized carbons (Fsp3) is 0.263. The van der Waals surface area contributed by atoms with Crippen LogP contribution in [-0.4, -0.2) is 32.6 Å². The second-order valence-corrected chi connectivity index (χ2v) is 5.05. The van der Waals surface area contributed by atoms with E-state index in [9.17, 15) is 9.59 Å². The molecule has 2 aromatic carbocycles. The van der Waals surface area contributed by atoms with Gasteiger partial charge in [-0.1, -0.05) is 12.1 Å². The zero-order valence-corrected chi connectivity index (χ0v) is 13.9. The van der Waals surface area contributed by atoms with Gasteiger partial charge in [-0.3, -0.25) is 9.59 Å². The minimum atomic E-state index is -1.01. The largest absolute Gasteiger partial charge is 0.497 e. The number of benzene rings is 2. The average molecular weight is 328 g/mol. The number of methoxy groups -OCH3 is 2. The summed E-state index contributed by atoms with van der Waals surface area (Å²) < 4.78 is 15.3. The predicted molar refractivity (Wildman–Crippen MR) is 89.7 cm³/mol. The Kier molecular flexibility index (Phi) is 5.95. The first-order chi connectivity index (χ1) is 11.6. The van der Waals surface area contributed by atoms with Crippen LogP contribution in [0.4, 0.5) is 0 Å². The first-order valence-electron chi connectivity index (χ1n) is 7.59. The average Bonchev–Trinajstić information content (AvgIpc) is 2.62. The third kappa shape index (κ3) is 3.93. The van der Waals surface area contributed by atoms with Gasteiger partial charge in [-0.15, -0.1) is 0 Å². The van der Waals surface area contributed by atoms with Crippen LogP contribution in [0.3, 0.4) is 0 Å². The zero-order valence-electron chi connectivity index (χ0n) is 13.9. The second kappa shape index (κ2) is 8.15. The molecule has 0 amide bonds. The van der Waals surface area contributed by atoms with Gasteiger partial charge >= 0.3 is 5.97 Å². The number of hydrogen-bond acceptors (Lipinski definition) is 5. The normalized spacial score (nSPS) is 11.5. The van der Waals surface area contributed by atoms with Crippen LogP contribution < -0.4 is 9.47 Å². The molecule has 5 nitrogen and oxygen atoms in total. The molecule has 2 aromatic rings. The third-order valence-corrected chi connectivity index (χ3v) is 3.61. The van der Waals surface area contributed by atoms with Crippen LogP contribution in [0, 0.1) is 0 Å². The Morgan fingerprint density at radius 2 is 1.38 bits per heavy atom. The summed E-state index contributed by atoms with van der Waals surface area (Å²) in [5.41, 5.74) is 0.986. The monoisotopic (exact) mass is 328 g/mol. The number of hydrogen-bond donors (Lipinski definition) is 0. The van der Waals surface area contributed by atoms with Gasteiger partial charge in [-0.25, -0.2) is 0 Å². The highest BCUT2D eigenvalue weighted by Crippen LogP contribution is 2.26. The van der Waals surface area contributed by atoms with Crippen molar-refractivity contribution >= 4 is 11.8 Å². The van der Waals surface area contributed by atoms with E-state index >= 15 is 0 Å². The molecule has 0 radical (unpaired) electrons. The molecule has 0 aliphatic heterocycles. The van der Waals surface area contributed by atoms with Gasteiger partial charge in [0.2, 0.25) is 0 Å². The third-order valence-electron chi connectivity index (χ3n) is 3.61. The van der Waals surface area contributed by atoms with Gasteiger partial charge < -0.3 is 14.2 Å². The lowest BCUT2D eigenvalue weighted by Gasteiger charge is -2.15. The molecule has 0 bridgehead atoms. The molecule has 0 aromatic heterocycles. The fourth-order valence-corrected chi connectivity index (χ4v) is 2.34. The number of carbonyl (C=O) groups is 2. The molecule has 2 rings (SSSR count). The lowest BCUT2D eigenvalue weighted by Crippen LogP contribution is -2.24. The summed E-state index contributed by atoms with van der Waals surface area (Å²) in [6.07, 6.45) is 0. The van der Waals surface area contributed by atoms with Crippen molar-refractivity contribution in [3.8, 4) is 11.5 Å². The molecule has 126 valence electrons. The molecule has 1 unspecified atom stereocenters. The predicted octanol–water partition coefficient (Wildman–Crippen LogP) is 3.23. The summed E-state index contributed by atoms with van der Waals surface area (Å²) in [6, 6.07) is 13.5. The van der Waals surface area contributed by atoms with Crippen molar-refractivity contribution in [1.29, 1.82) is 0 Å². The van der Waals surface area contributed by atoms with Gasteiger partial charge in [-0.2, -0.15) is 0 Å². The number of ketones is 1. The summed E-state index contributed by atoms with van der Waals surface area (Å²) in [4.78, 5) is 25.2. The molecule has 0 fully saturated rings. The number of ether oxygens (including phenoxy) is 3. The summed E-state index contributed by atoms with van der Waals surface area (Å²) in [7, 11) is 3.11. The van der Waals surface area contributed by atoms with Crippen LogP contribution in [0.5, 0.6) is 11.5 Å². The van der Waals surface area contributed by atoms with Crippen molar-refractivity contribution in [2.75, 3.05) is 20.8 Å². The molecule has 0 spiro atoms. The molecule has 24 heavy (non-hydrogen) atoms. The van der Waals surface area contributed by atoms with Crippen LogP contribution >= 0.6 is 0 Å². The van der Waals surface area contributed by atoms with Crippen LogP contribution in [0.1, 0.15) is 28.8 Å². The molecule has 0 N–H and O–H groups in total. The van der Waals surface area contributed by atoms with Gasteiger partial charge in [0.1, 0.15) is 17.4 Å². The molecule has 0 saturated carbocycles. The van der Waals surface area contributed by atoms with Crippen molar-refractivity contribution in [2.45, 2.75) is 12.8 Å². The highest BCUT2D eigenvalue weighted by atomic mass is 16.5. The van der Waals surface area contributed by atoms with Crippen molar-refractivity contribution in [2.24, 2.45) is 0 Å². The number of esters is 1. The van der Waals surface area contributed by atoms with E-state index in [1.165, 1.54) is 0 Å². The first-order valence-corrected chi connectivity index (χ1v) is 7.59. The zero-order chi connectivity index (χ0) is 17.5. The van der Waals surface area contributed by atoms with Crippen LogP contribution in [0.25, 0.3) is 0 Å². The SMILES string of the molecule is CCOC(=O)C(C(=O)c1ccc(OC)cc1)c1ccc(OC)cc1. The Bertz CT molecular complexity index is 689. The Morgan fingerprint density at radius 3 is 1.83 bits per heavy atom. The van der Waals surface area contributed by atoms with E-state index in [1.807, 2.05) is 0 Å². The van der Waals surface area contributed by atoms with E-state index in [-0.39, 0.29) is 12.4 Å². The molecular formula is C19H20O5. The van der Waals surface area contributed by atoms with E-state index in [0.29, 0.717) is 22.6 Å². The van der Waals surface area contributed by atoms with Crippen molar-refractivity contribution in [3.05, 3.63) is 59.7 Å². The standard InChI is InChI=1S/C19H20O5/c1-4-24-19(21)17(13-5-9-15(22-2)10-6-13)18(20)14-7-11-16(23-3)12-8-14/h5-12,17H,4H2,1-3H3. The van der Waals surface area contributed by atoms with Crippen LogP contribution in [-0.2, 0) is 9.53 Å². The van der Waals surface area contributed by atoms with E-state index < -0.39 is 11.9 Å². The highest BCUT2D eigenvalue weighted by Gasteiger charge is 2.30. The highest BCUT2D eigenvalue weighted by molar-refractivity contribution is 6.13. The topological polar surface area (TPSA) is 61.8 Å². The van der Waals surface area contributed by atoms with Gasteiger partial charge in [0.15, 0.2) is 5.78 Å². The molecule has 0 heterocycles. The first kappa shape index (κ1) is 17.5. The number of carbonyl (C=O) groups excluding carboxylic acids is 2. The maximum absolute atomic E-state index is 12.8. The second-order valence-electron chi connectivity index (χ2n) is 5.05. The maximum atomic E-state index is 12.8. The van der Waals surface area contributed by atoms with Crippen molar-refractivity contribution < 1.29 is 23.8 Å². The van der Waals surface area contributed by atoms with Crippen LogP contribution in [0.2, 0.25) is 0 Å². The molecule has 0 saturated heterocycles. The minimum absolute atomic E-state index is 0.210. The number of Topliss-reactive ketones (excluding diaryl/α,β-unsaturated/α-hetero) is 1. The molecule has 5 heteroatoms. The van der Waals surface area contributed by atoms with Gasteiger partial charge in [0.05, 0.1) is 20.8 Å². The Morgan fingerprint density at radius 1 is 0.875 bits per heavy atom. The minimum Gasteiger partial charge on any atom is -0.497 e. The van der Waals surface area contributed by atoms with Crippen molar-refractivity contribution in [3.63, 3.8) is 0 Å². The van der Waals surface area contributed by atoms with Gasteiger partial charge in [0, 0.05) is 5.56 Å². The fourth-order valence-electron chi connectivity index (χ4n) is 2.34. The molecule has 0 aliphatic carbocycles. The summed E-state index contributed by atoms with van der Waals surface area (Å²) in [5, 5.41) is 0. The van der Waals surface area contributed by atoms with Gasteiger partial charge in [-0.05, 0) is 48.9 Å².